The molecular weight excluding hydrogens is 198 g/mol. The molecule has 1 amide bonds. The van der Waals surface area contributed by atoms with Gasteiger partial charge in [-0.15, -0.1) is 0 Å². The number of hydrogen-bond donors (Lipinski definition) is 1. The van der Waals surface area contributed by atoms with Gasteiger partial charge in [-0.25, -0.2) is 0 Å². The summed E-state index contributed by atoms with van der Waals surface area (Å²) in [5, 5.41) is 5.26. The summed E-state index contributed by atoms with van der Waals surface area (Å²) in [6, 6.07) is 12.5. The van der Waals surface area contributed by atoms with Crippen molar-refractivity contribution in [2.24, 2.45) is 0 Å². The number of amides is 1. The number of rotatable bonds is 1. The maximum atomic E-state index is 11.8. The van der Waals surface area contributed by atoms with Crippen LogP contribution >= 0.6 is 0 Å². The summed E-state index contributed by atoms with van der Waals surface area (Å²) < 4.78 is 0. The van der Waals surface area contributed by atoms with Gasteiger partial charge in [-0.1, -0.05) is 36.4 Å². The zero-order valence-corrected chi connectivity index (χ0v) is 9.16. The van der Waals surface area contributed by atoms with E-state index in [4.69, 9.17) is 0 Å². The van der Waals surface area contributed by atoms with Crippen LogP contribution in [-0.2, 0) is 11.2 Å². The van der Waals surface area contributed by atoms with E-state index in [1.54, 1.807) is 7.05 Å². The van der Waals surface area contributed by atoms with Crippen molar-refractivity contribution in [2.75, 3.05) is 7.05 Å². The number of carbonyl (C=O) groups excluding carboxylic acids is 1. The lowest BCUT2D eigenvalue weighted by Gasteiger charge is -2.09. The molecule has 0 bridgehead atoms. The lowest BCUT2D eigenvalue weighted by atomic mass is 9.99. The minimum atomic E-state index is -0.00824. The second-order valence-corrected chi connectivity index (χ2v) is 4.23. The SMILES string of the molecule is CNC(=O)C1Cc2cccc3cccc1c23. The first-order valence-corrected chi connectivity index (χ1v) is 5.53. The Labute approximate surface area is 94.3 Å². The quantitative estimate of drug-likeness (QED) is 0.770. The molecule has 0 heterocycles. The molecule has 16 heavy (non-hydrogen) atoms. The fraction of sp³-hybridized carbons (Fsp3) is 0.214. The fourth-order valence-corrected chi connectivity index (χ4v) is 2.65. The molecule has 0 saturated carbocycles. The molecule has 2 aromatic carbocycles. The average Bonchev–Trinajstić information content (AvgIpc) is 2.70. The van der Waals surface area contributed by atoms with Gasteiger partial charge in [-0.2, -0.15) is 0 Å². The van der Waals surface area contributed by atoms with Gasteiger partial charge in [0.25, 0.3) is 0 Å². The molecule has 2 nitrogen and oxygen atoms in total. The molecule has 0 spiro atoms. The number of hydrogen-bond acceptors (Lipinski definition) is 1. The van der Waals surface area contributed by atoms with Gasteiger partial charge in [0.15, 0.2) is 0 Å². The number of carbonyl (C=O) groups is 1. The van der Waals surface area contributed by atoms with Gasteiger partial charge in [0.1, 0.15) is 0 Å². The van der Waals surface area contributed by atoms with Crippen molar-refractivity contribution in [1.29, 1.82) is 0 Å². The van der Waals surface area contributed by atoms with Crippen molar-refractivity contribution in [2.45, 2.75) is 12.3 Å². The Balaban J connectivity index is 2.25. The lowest BCUT2D eigenvalue weighted by molar-refractivity contribution is -0.121. The molecule has 1 aliphatic rings. The Morgan fingerprint density at radius 3 is 2.75 bits per heavy atom. The highest BCUT2D eigenvalue weighted by atomic mass is 16.1. The first-order chi connectivity index (χ1) is 7.81. The van der Waals surface area contributed by atoms with Crippen molar-refractivity contribution in [3.8, 4) is 0 Å². The van der Waals surface area contributed by atoms with Crippen LogP contribution in [0.5, 0.6) is 0 Å². The molecule has 1 unspecified atom stereocenters. The lowest BCUT2D eigenvalue weighted by Crippen LogP contribution is -2.25. The summed E-state index contributed by atoms with van der Waals surface area (Å²) in [6.45, 7) is 0. The monoisotopic (exact) mass is 211 g/mol. The highest BCUT2D eigenvalue weighted by Gasteiger charge is 2.28. The molecule has 80 valence electrons. The van der Waals surface area contributed by atoms with Crippen molar-refractivity contribution in [1.82, 2.24) is 5.32 Å². The van der Waals surface area contributed by atoms with E-state index in [9.17, 15) is 4.79 Å². The Hall–Kier alpha value is -1.83. The highest BCUT2D eigenvalue weighted by molar-refractivity contribution is 5.98. The third kappa shape index (κ3) is 1.16. The van der Waals surface area contributed by atoms with Crippen LogP contribution < -0.4 is 5.32 Å². The van der Waals surface area contributed by atoms with Crippen LogP contribution in [0.2, 0.25) is 0 Å². The molecule has 1 aliphatic carbocycles. The summed E-state index contributed by atoms with van der Waals surface area (Å²) in [5.41, 5.74) is 2.47. The van der Waals surface area contributed by atoms with Gasteiger partial charge in [-0.05, 0) is 28.3 Å². The van der Waals surface area contributed by atoms with E-state index in [0.717, 1.165) is 6.42 Å². The largest absolute Gasteiger partial charge is 0.359 e. The van der Waals surface area contributed by atoms with Gasteiger partial charge < -0.3 is 5.32 Å². The summed E-state index contributed by atoms with van der Waals surface area (Å²) in [5.74, 6) is 0.106. The molecule has 0 fully saturated rings. The van der Waals surface area contributed by atoms with Gasteiger partial charge in [0.05, 0.1) is 5.92 Å². The van der Waals surface area contributed by atoms with E-state index in [0.29, 0.717) is 0 Å². The molecule has 3 rings (SSSR count). The first-order valence-electron chi connectivity index (χ1n) is 5.53. The van der Waals surface area contributed by atoms with E-state index >= 15 is 0 Å². The number of likely N-dealkylation sites (N-methyl/N-ethyl adjacent to an activating group) is 1. The number of benzene rings is 2. The second-order valence-electron chi connectivity index (χ2n) is 4.23. The standard InChI is InChI=1S/C14H13NO/c1-15-14(16)12-8-10-6-2-4-9-5-3-7-11(12)13(9)10/h2-7,12H,8H2,1H3,(H,15,16). The third-order valence-electron chi connectivity index (χ3n) is 3.39. The van der Waals surface area contributed by atoms with E-state index in [1.807, 2.05) is 6.07 Å². The van der Waals surface area contributed by atoms with Crippen LogP contribution in [0.1, 0.15) is 17.0 Å². The number of nitrogens with one attached hydrogen (secondary N) is 1. The molecule has 1 atom stereocenters. The summed E-state index contributed by atoms with van der Waals surface area (Å²) in [7, 11) is 1.70. The average molecular weight is 211 g/mol. The smallest absolute Gasteiger partial charge is 0.227 e. The van der Waals surface area contributed by atoms with E-state index in [-0.39, 0.29) is 11.8 Å². The summed E-state index contributed by atoms with van der Waals surface area (Å²) in [4.78, 5) is 11.8. The molecule has 2 aromatic rings. The maximum absolute atomic E-state index is 11.8. The van der Waals surface area contributed by atoms with E-state index < -0.39 is 0 Å². The Morgan fingerprint density at radius 1 is 1.25 bits per heavy atom. The predicted octanol–water partition coefficient (Wildman–Crippen LogP) is 2.23. The Kier molecular flexibility index (Phi) is 1.96. The Bertz CT molecular complexity index is 569. The summed E-state index contributed by atoms with van der Waals surface area (Å²) in [6.07, 6.45) is 0.830. The van der Waals surface area contributed by atoms with Crippen molar-refractivity contribution < 1.29 is 4.79 Å². The highest BCUT2D eigenvalue weighted by Crippen LogP contribution is 2.38. The van der Waals surface area contributed by atoms with Crippen molar-refractivity contribution in [3.63, 3.8) is 0 Å². The van der Waals surface area contributed by atoms with Gasteiger partial charge in [-0.3, -0.25) is 4.79 Å². The molecule has 0 aromatic heterocycles. The second kappa shape index (κ2) is 3.34. The van der Waals surface area contributed by atoms with Gasteiger partial charge in [0.2, 0.25) is 5.91 Å². The minimum absolute atomic E-state index is 0.00824. The van der Waals surface area contributed by atoms with Crippen LogP contribution in [0.15, 0.2) is 36.4 Å². The van der Waals surface area contributed by atoms with E-state index in [1.165, 1.54) is 21.9 Å². The zero-order chi connectivity index (χ0) is 11.1. The van der Waals surface area contributed by atoms with Crippen LogP contribution in [0.4, 0.5) is 0 Å². The third-order valence-corrected chi connectivity index (χ3v) is 3.39. The van der Waals surface area contributed by atoms with Gasteiger partial charge >= 0.3 is 0 Å². The van der Waals surface area contributed by atoms with Crippen LogP contribution in [0, 0.1) is 0 Å². The molecule has 0 aliphatic heterocycles. The minimum Gasteiger partial charge on any atom is -0.359 e. The predicted molar refractivity (Wildman–Crippen MR) is 64.5 cm³/mol. The van der Waals surface area contributed by atoms with Crippen LogP contribution in [-0.4, -0.2) is 13.0 Å². The molecule has 0 radical (unpaired) electrons. The maximum Gasteiger partial charge on any atom is 0.227 e. The van der Waals surface area contributed by atoms with Crippen LogP contribution in [0.3, 0.4) is 0 Å². The topological polar surface area (TPSA) is 29.1 Å². The first kappa shape index (κ1) is 9.40. The summed E-state index contributed by atoms with van der Waals surface area (Å²) >= 11 is 0. The molecule has 0 saturated heterocycles. The normalized spacial score (nSPS) is 17.7. The molecule has 1 N–H and O–H groups in total. The molecule has 2 heteroatoms. The zero-order valence-electron chi connectivity index (χ0n) is 9.16. The fourth-order valence-electron chi connectivity index (χ4n) is 2.65. The Morgan fingerprint density at radius 2 is 2.00 bits per heavy atom. The molecular formula is C14H13NO. The van der Waals surface area contributed by atoms with Crippen molar-refractivity contribution >= 4 is 16.7 Å². The van der Waals surface area contributed by atoms with E-state index in [2.05, 4.69) is 35.6 Å². The van der Waals surface area contributed by atoms with Gasteiger partial charge in [0, 0.05) is 7.05 Å². The van der Waals surface area contributed by atoms with Crippen molar-refractivity contribution in [3.05, 3.63) is 47.5 Å². The van der Waals surface area contributed by atoms with Crippen LogP contribution in [0.25, 0.3) is 10.8 Å².